The van der Waals surface area contributed by atoms with E-state index in [0.29, 0.717) is 34.2 Å². The van der Waals surface area contributed by atoms with E-state index >= 15 is 0 Å². The van der Waals surface area contributed by atoms with Gasteiger partial charge in [-0.3, -0.25) is 30.1 Å². The molecule has 1 fully saturated rings. The number of aryl methyl sites for hydroxylation is 2. The van der Waals surface area contributed by atoms with Crippen molar-refractivity contribution in [3.63, 3.8) is 0 Å². The molecule has 3 rings (SSSR count). The Morgan fingerprint density at radius 2 is 1.58 bits per heavy atom. The Labute approximate surface area is 203 Å². The summed E-state index contributed by atoms with van der Waals surface area (Å²) in [6.07, 6.45) is 4.33. The maximum absolute atomic E-state index is 12.7. The number of hydrazine groups is 1. The highest BCUT2D eigenvalue weighted by Gasteiger charge is 2.31. The van der Waals surface area contributed by atoms with Crippen LogP contribution in [0.3, 0.4) is 0 Å². The van der Waals surface area contributed by atoms with Gasteiger partial charge in [-0.05, 0) is 50.5 Å². The molecule has 2 aromatic rings. The van der Waals surface area contributed by atoms with Crippen molar-refractivity contribution in [1.82, 2.24) is 15.8 Å². The molecule has 0 saturated carbocycles. The molecule has 1 heterocycles. The van der Waals surface area contributed by atoms with E-state index in [1.807, 2.05) is 56.3 Å². The molecule has 1 aliphatic rings. The summed E-state index contributed by atoms with van der Waals surface area (Å²) in [6.45, 7) is 4.49. The second-order valence-corrected chi connectivity index (χ2v) is 9.60. The van der Waals surface area contributed by atoms with E-state index in [9.17, 15) is 14.4 Å². The van der Waals surface area contributed by atoms with Crippen LogP contribution in [0.1, 0.15) is 52.7 Å². The maximum atomic E-state index is 12.7. The third-order valence-corrected chi connectivity index (χ3v) is 6.54. The first kappa shape index (κ1) is 24.7. The quantitative estimate of drug-likeness (QED) is 0.251. The summed E-state index contributed by atoms with van der Waals surface area (Å²) in [4.78, 5) is 38.9. The number of hydrogen-bond donors (Lipinski definition) is 2. The topological polar surface area (TPSA) is 78.5 Å². The highest BCUT2D eigenvalue weighted by molar-refractivity contribution is 8.26. The first-order valence-electron chi connectivity index (χ1n) is 10.8. The summed E-state index contributed by atoms with van der Waals surface area (Å²) in [5, 5.41) is 0. The third-order valence-electron chi connectivity index (χ3n) is 5.16. The standard InChI is InChI=1S/C25H27N3O3S2/c1-17-7-11-19(12-8-17)16-21-24(31)28(25(32)33-21)15-5-3-4-6-22(29)26-27-23(30)20-13-9-18(2)10-14-20/h7-14,16H,3-6,15H2,1-2H3,(H,26,29)(H,27,30). The van der Waals surface area contributed by atoms with Gasteiger partial charge in [-0.15, -0.1) is 0 Å². The van der Waals surface area contributed by atoms with Crippen molar-refractivity contribution in [2.75, 3.05) is 6.54 Å². The number of rotatable bonds is 8. The number of thioether (sulfide) groups is 1. The van der Waals surface area contributed by atoms with E-state index in [1.165, 1.54) is 17.3 Å². The number of carbonyl (C=O) groups excluding carboxylic acids is 3. The fraction of sp³-hybridized carbons (Fsp3) is 0.280. The average molecular weight is 482 g/mol. The molecule has 1 aliphatic heterocycles. The smallest absolute Gasteiger partial charge is 0.269 e. The van der Waals surface area contributed by atoms with Gasteiger partial charge < -0.3 is 0 Å². The molecule has 1 saturated heterocycles. The minimum atomic E-state index is -0.351. The van der Waals surface area contributed by atoms with Crippen LogP contribution in [-0.2, 0) is 9.59 Å². The van der Waals surface area contributed by atoms with E-state index in [0.717, 1.165) is 24.0 Å². The summed E-state index contributed by atoms with van der Waals surface area (Å²) in [5.41, 5.74) is 8.55. The van der Waals surface area contributed by atoms with Crippen LogP contribution in [0, 0.1) is 13.8 Å². The lowest BCUT2D eigenvalue weighted by atomic mass is 10.1. The van der Waals surface area contributed by atoms with Crippen molar-refractivity contribution in [3.8, 4) is 0 Å². The zero-order chi connectivity index (χ0) is 23.8. The van der Waals surface area contributed by atoms with Gasteiger partial charge in [0, 0.05) is 18.5 Å². The highest BCUT2D eigenvalue weighted by Crippen LogP contribution is 2.32. The van der Waals surface area contributed by atoms with Crippen molar-refractivity contribution in [2.24, 2.45) is 0 Å². The van der Waals surface area contributed by atoms with Crippen LogP contribution in [0.5, 0.6) is 0 Å². The van der Waals surface area contributed by atoms with Crippen LogP contribution in [-0.4, -0.2) is 33.5 Å². The first-order chi connectivity index (χ1) is 15.8. The molecule has 0 radical (unpaired) electrons. The number of hydrogen-bond acceptors (Lipinski definition) is 5. The third kappa shape index (κ3) is 7.27. The molecule has 172 valence electrons. The molecule has 0 bridgehead atoms. The molecule has 33 heavy (non-hydrogen) atoms. The van der Waals surface area contributed by atoms with Crippen LogP contribution in [0.25, 0.3) is 6.08 Å². The molecule has 2 N–H and O–H groups in total. The van der Waals surface area contributed by atoms with Crippen molar-refractivity contribution < 1.29 is 14.4 Å². The zero-order valence-electron chi connectivity index (χ0n) is 18.7. The zero-order valence-corrected chi connectivity index (χ0v) is 20.4. The fourth-order valence-corrected chi connectivity index (χ4v) is 4.51. The Hall–Kier alpha value is -2.97. The monoisotopic (exact) mass is 481 g/mol. The lowest BCUT2D eigenvalue weighted by Crippen LogP contribution is -2.41. The highest BCUT2D eigenvalue weighted by atomic mass is 32.2. The average Bonchev–Trinajstić information content (AvgIpc) is 3.06. The Balaban J connectivity index is 1.35. The number of nitrogens with one attached hydrogen (secondary N) is 2. The normalized spacial score (nSPS) is 14.6. The molecule has 2 aromatic carbocycles. The first-order valence-corrected chi connectivity index (χ1v) is 12.0. The Kier molecular flexibility index (Phi) is 8.79. The Morgan fingerprint density at radius 3 is 2.24 bits per heavy atom. The van der Waals surface area contributed by atoms with Gasteiger partial charge in [0.05, 0.1) is 4.91 Å². The number of nitrogens with zero attached hydrogens (tertiary/aromatic N) is 1. The van der Waals surface area contributed by atoms with Crippen molar-refractivity contribution in [1.29, 1.82) is 0 Å². The SMILES string of the molecule is Cc1ccc(C=C2SC(=S)N(CCCCCC(=O)NNC(=O)c3ccc(C)cc3)C2=O)cc1. The largest absolute Gasteiger partial charge is 0.293 e. The van der Waals surface area contributed by atoms with Crippen LogP contribution < -0.4 is 10.9 Å². The van der Waals surface area contributed by atoms with Crippen molar-refractivity contribution in [2.45, 2.75) is 39.5 Å². The van der Waals surface area contributed by atoms with Gasteiger partial charge >= 0.3 is 0 Å². The molecule has 3 amide bonds. The van der Waals surface area contributed by atoms with Gasteiger partial charge in [-0.2, -0.15) is 0 Å². The molecule has 0 unspecified atom stereocenters. The molecule has 0 spiro atoms. The van der Waals surface area contributed by atoms with E-state index in [1.54, 1.807) is 17.0 Å². The number of thiocarbonyl (C=S) groups is 1. The maximum Gasteiger partial charge on any atom is 0.269 e. The minimum absolute atomic E-state index is 0.0675. The number of benzene rings is 2. The van der Waals surface area contributed by atoms with Crippen LogP contribution >= 0.6 is 24.0 Å². The van der Waals surface area contributed by atoms with E-state index in [-0.39, 0.29) is 17.7 Å². The molecule has 0 aliphatic carbocycles. The molecule has 8 heteroatoms. The van der Waals surface area contributed by atoms with Gasteiger partial charge in [-0.25, -0.2) is 0 Å². The lowest BCUT2D eigenvalue weighted by Gasteiger charge is -2.14. The van der Waals surface area contributed by atoms with Crippen molar-refractivity contribution >= 4 is 52.1 Å². The van der Waals surface area contributed by atoms with Gasteiger partial charge in [0.15, 0.2) is 0 Å². The van der Waals surface area contributed by atoms with E-state index in [2.05, 4.69) is 10.9 Å². The van der Waals surface area contributed by atoms with Crippen LogP contribution in [0.15, 0.2) is 53.4 Å². The number of carbonyl (C=O) groups is 3. The second-order valence-electron chi connectivity index (χ2n) is 7.92. The molecular formula is C25H27N3O3S2. The number of amides is 3. The lowest BCUT2D eigenvalue weighted by molar-refractivity contribution is -0.123. The van der Waals surface area contributed by atoms with Gasteiger partial charge in [0.25, 0.3) is 11.8 Å². The van der Waals surface area contributed by atoms with E-state index < -0.39 is 0 Å². The second kappa shape index (κ2) is 11.8. The van der Waals surface area contributed by atoms with Gasteiger partial charge in [0.2, 0.25) is 5.91 Å². The van der Waals surface area contributed by atoms with Crippen molar-refractivity contribution in [3.05, 3.63) is 75.7 Å². The van der Waals surface area contributed by atoms with Crippen LogP contribution in [0.4, 0.5) is 0 Å². The minimum Gasteiger partial charge on any atom is -0.293 e. The van der Waals surface area contributed by atoms with E-state index in [4.69, 9.17) is 12.2 Å². The molecule has 0 aromatic heterocycles. The van der Waals surface area contributed by atoms with Gasteiger partial charge in [-0.1, -0.05) is 77.9 Å². The predicted octanol–water partition coefficient (Wildman–Crippen LogP) is 4.53. The summed E-state index contributed by atoms with van der Waals surface area (Å²) in [5.74, 6) is -0.666. The summed E-state index contributed by atoms with van der Waals surface area (Å²) < 4.78 is 0.565. The Morgan fingerprint density at radius 1 is 0.939 bits per heavy atom. The van der Waals surface area contributed by atoms with Crippen LogP contribution in [0.2, 0.25) is 0 Å². The molecular weight excluding hydrogens is 454 g/mol. The summed E-state index contributed by atoms with van der Waals surface area (Å²) in [7, 11) is 0. The Bertz CT molecular complexity index is 1060. The summed E-state index contributed by atoms with van der Waals surface area (Å²) in [6, 6.07) is 15.1. The number of unbranched alkanes of at least 4 members (excludes halogenated alkanes) is 2. The molecule has 6 nitrogen and oxygen atoms in total. The summed E-state index contributed by atoms with van der Waals surface area (Å²) >= 11 is 6.70. The fourth-order valence-electron chi connectivity index (χ4n) is 3.21. The predicted molar refractivity (Wildman–Crippen MR) is 136 cm³/mol. The molecule has 0 atom stereocenters. The van der Waals surface area contributed by atoms with Gasteiger partial charge in [0.1, 0.15) is 4.32 Å².